The topological polar surface area (TPSA) is 59.8 Å². The molecule has 2 aromatic rings. The van der Waals surface area contributed by atoms with Crippen molar-refractivity contribution in [3.05, 3.63) is 54.6 Å². The standard InChI is InChI=1S/C15H18N4O/c1-3-4-5-15(20)18-12(2)13-6-8-14(9-7-13)19-11-16-10-17-19/h4-12H,3H2,1-2H3,(H,18,20)/b5-4-/t12-/m1/s1. The first-order valence-corrected chi connectivity index (χ1v) is 6.62. The summed E-state index contributed by atoms with van der Waals surface area (Å²) in [6.07, 6.45) is 7.41. The molecule has 20 heavy (non-hydrogen) atoms. The van der Waals surface area contributed by atoms with Gasteiger partial charge in [0, 0.05) is 0 Å². The monoisotopic (exact) mass is 270 g/mol. The lowest BCUT2D eigenvalue weighted by Crippen LogP contribution is -2.24. The fourth-order valence-electron chi connectivity index (χ4n) is 1.83. The fraction of sp³-hybridized carbons (Fsp3) is 0.267. The Morgan fingerprint density at radius 3 is 2.75 bits per heavy atom. The molecule has 2 rings (SSSR count). The molecule has 1 N–H and O–H groups in total. The lowest BCUT2D eigenvalue weighted by molar-refractivity contribution is -0.117. The van der Waals surface area contributed by atoms with Gasteiger partial charge in [0.2, 0.25) is 5.91 Å². The molecule has 0 aliphatic carbocycles. The van der Waals surface area contributed by atoms with E-state index in [1.54, 1.807) is 17.1 Å². The number of rotatable bonds is 5. The smallest absolute Gasteiger partial charge is 0.244 e. The Labute approximate surface area is 118 Å². The van der Waals surface area contributed by atoms with E-state index in [1.807, 2.05) is 44.2 Å². The maximum Gasteiger partial charge on any atom is 0.244 e. The molecule has 0 bridgehead atoms. The Morgan fingerprint density at radius 2 is 2.15 bits per heavy atom. The van der Waals surface area contributed by atoms with Gasteiger partial charge in [-0.25, -0.2) is 9.67 Å². The Hall–Kier alpha value is -2.43. The number of nitrogens with zero attached hydrogens (tertiary/aromatic N) is 3. The van der Waals surface area contributed by atoms with Crippen LogP contribution in [0.5, 0.6) is 0 Å². The highest BCUT2D eigenvalue weighted by Crippen LogP contribution is 2.15. The minimum atomic E-state index is -0.0697. The van der Waals surface area contributed by atoms with Gasteiger partial charge in [0.15, 0.2) is 0 Å². The number of carbonyl (C=O) groups is 1. The van der Waals surface area contributed by atoms with E-state index in [-0.39, 0.29) is 11.9 Å². The number of amides is 1. The summed E-state index contributed by atoms with van der Waals surface area (Å²) in [7, 11) is 0. The summed E-state index contributed by atoms with van der Waals surface area (Å²) < 4.78 is 1.69. The second-order valence-electron chi connectivity index (χ2n) is 4.47. The molecule has 5 nitrogen and oxygen atoms in total. The summed E-state index contributed by atoms with van der Waals surface area (Å²) >= 11 is 0. The van der Waals surface area contributed by atoms with Crippen molar-refractivity contribution in [2.75, 3.05) is 0 Å². The Kier molecular flexibility index (Phi) is 4.65. The molecule has 0 saturated carbocycles. The quantitative estimate of drug-likeness (QED) is 0.849. The van der Waals surface area contributed by atoms with Gasteiger partial charge in [0.25, 0.3) is 0 Å². The third-order valence-corrected chi connectivity index (χ3v) is 2.94. The van der Waals surface area contributed by atoms with Crippen LogP contribution in [0.1, 0.15) is 31.9 Å². The van der Waals surface area contributed by atoms with Crippen molar-refractivity contribution >= 4 is 5.91 Å². The van der Waals surface area contributed by atoms with Gasteiger partial charge in [0.1, 0.15) is 12.7 Å². The third-order valence-electron chi connectivity index (χ3n) is 2.94. The zero-order valence-electron chi connectivity index (χ0n) is 11.7. The summed E-state index contributed by atoms with van der Waals surface area (Å²) in [6.45, 7) is 3.96. The predicted octanol–water partition coefficient (Wildman–Crippen LogP) is 2.41. The summed E-state index contributed by atoms with van der Waals surface area (Å²) in [6, 6.07) is 7.83. The van der Waals surface area contributed by atoms with E-state index in [1.165, 1.54) is 6.33 Å². The van der Waals surface area contributed by atoms with Crippen LogP contribution in [-0.2, 0) is 4.79 Å². The lowest BCUT2D eigenvalue weighted by Gasteiger charge is -2.13. The second kappa shape index (κ2) is 6.65. The summed E-state index contributed by atoms with van der Waals surface area (Å²) in [5.41, 5.74) is 1.99. The van der Waals surface area contributed by atoms with Crippen molar-refractivity contribution in [1.82, 2.24) is 20.1 Å². The van der Waals surface area contributed by atoms with Crippen molar-refractivity contribution < 1.29 is 4.79 Å². The largest absolute Gasteiger partial charge is 0.346 e. The van der Waals surface area contributed by atoms with Crippen LogP contribution in [-0.4, -0.2) is 20.7 Å². The summed E-state index contributed by atoms with van der Waals surface area (Å²) in [5.74, 6) is -0.0697. The first kappa shape index (κ1) is 14.0. The van der Waals surface area contributed by atoms with E-state index in [2.05, 4.69) is 15.4 Å². The van der Waals surface area contributed by atoms with Crippen molar-refractivity contribution in [2.24, 2.45) is 0 Å². The van der Waals surface area contributed by atoms with Gasteiger partial charge in [0.05, 0.1) is 11.7 Å². The summed E-state index contributed by atoms with van der Waals surface area (Å²) in [5, 5.41) is 6.99. The summed E-state index contributed by atoms with van der Waals surface area (Å²) in [4.78, 5) is 15.5. The van der Waals surface area contributed by atoms with E-state index in [9.17, 15) is 4.79 Å². The van der Waals surface area contributed by atoms with Gasteiger partial charge in [-0.2, -0.15) is 5.10 Å². The zero-order valence-corrected chi connectivity index (χ0v) is 11.7. The maximum atomic E-state index is 11.6. The highest BCUT2D eigenvalue weighted by Gasteiger charge is 2.07. The molecule has 1 aromatic carbocycles. The number of allylic oxidation sites excluding steroid dienone is 1. The van der Waals surface area contributed by atoms with Crippen LogP contribution >= 0.6 is 0 Å². The van der Waals surface area contributed by atoms with E-state index in [4.69, 9.17) is 0 Å². The molecule has 1 amide bonds. The fourth-order valence-corrected chi connectivity index (χ4v) is 1.83. The van der Waals surface area contributed by atoms with Crippen LogP contribution in [0.15, 0.2) is 49.1 Å². The molecule has 1 heterocycles. The van der Waals surface area contributed by atoms with E-state index in [0.717, 1.165) is 17.7 Å². The predicted molar refractivity (Wildman–Crippen MR) is 77.3 cm³/mol. The third kappa shape index (κ3) is 3.54. The molecule has 5 heteroatoms. The molecule has 0 fully saturated rings. The van der Waals surface area contributed by atoms with Crippen LogP contribution in [0.4, 0.5) is 0 Å². The Morgan fingerprint density at radius 1 is 1.40 bits per heavy atom. The van der Waals surface area contributed by atoms with E-state index in [0.29, 0.717) is 0 Å². The molecular weight excluding hydrogens is 252 g/mol. The van der Waals surface area contributed by atoms with Gasteiger partial charge in [-0.3, -0.25) is 4.79 Å². The van der Waals surface area contributed by atoms with Crippen LogP contribution in [0.2, 0.25) is 0 Å². The minimum Gasteiger partial charge on any atom is -0.346 e. The average Bonchev–Trinajstić information content (AvgIpc) is 2.99. The highest BCUT2D eigenvalue weighted by molar-refractivity contribution is 5.87. The first-order valence-electron chi connectivity index (χ1n) is 6.62. The van der Waals surface area contributed by atoms with Crippen LogP contribution in [0.3, 0.4) is 0 Å². The number of aromatic nitrogens is 3. The van der Waals surface area contributed by atoms with E-state index >= 15 is 0 Å². The van der Waals surface area contributed by atoms with Crippen molar-refractivity contribution in [2.45, 2.75) is 26.3 Å². The maximum absolute atomic E-state index is 11.6. The van der Waals surface area contributed by atoms with Gasteiger partial charge in [-0.1, -0.05) is 25.1 Å². The van der Waals surface area contributed by atoms with Crippen molar-refractivity contribution in [1.29, 1.82) is 0 Å². The van der Waals surface area contributed by atoms with Crippen LogP contribution in [0.25, 0.3) is 5.69 Å². The second-order valence-corrected chi connectivity index (χ2v) is 4.47. The van der Waals surface area contributed by atoms with Crippen molar-refractivity contribution in [3.63, 3.8) is 0 Å². The van der Waals surface area contributed by atoms with Gasteiger partial charge < -0.3 is 5.32 Å². The number of hydrogen-bond acceptors (Lipinski definition) is 3. The van der Waals surface area contributed by atoms with Crippen LogP contribution < -0.4 is 5.32 Å². The van der Waals surface area contributed by atoms with Gasteiger partial charge in [-0.05, 0) is 37.1 Å². The molecule has 0 aliphatic rings. The van der Waals surface area contributed by atoms with Crippen molar-refractivity contribution in [3.8, 4) is 5.69 Å². The van der Waals surface area contributed by atoms with E-state index < -0.39 is 0 Å². The average molecular weight is 270 g/mol. The van der Waals surface area contributed by atoms with Gasteiger partial charge in [-0.15, -0.1) is 0 Å². The zero-order chi connectivity index (χ0) is 14.4. The molecule has 0 spiro atoms. The van der Waals surface area contributed by atoms with Gasteiger partial charge >= 0.3 is 0 Å². The molecule has 0 aliphatic heterocycles. The molecular formula is C15H18N4O. The molecule has 1 aromatic heterocycles. The first-order chi connectivity index (χ1) is 9.70. The minimum absolute atomic E-state index is 0.0335. The SMILES string of the molecule is CC/C=C\C(=O)N[C@H](C)c1ccc(-n2cncn2)cc1. The number of nitrogens with one attached hydrogen (secondary N) is 1. The number of hydrogen-bond donors (Lipinski definition) is 1. The molecule has 104 valence electrons. The Bertz CT molecular complexity index is 572. The Balaban J connectivity index is 2.02. The normalized spacial score (nSPS) is 12.5. The lowest BCUT2D eigenvalue weighted by atomic mass is 10.1. The molecule has 0 unspecified atom stereocenters. The number of carbonyl (C=O) groups excluding carboxylic acids is 1. The highest BCUT2D eigenvalue weighted by atomic mass is 16.1. The van der Waals surface area contributed by atoms with Crippen LogP contribution in [0, 0.1) is 0 Å². The molecule has 0 radical (unpaired) electrons. The number of benzene rings is 1. The molecule has 1 atom stereocenters. The molecule has 0 saturated heterocycles.